The molecule has 0 aromatic heterocycles. The zero-order valence-corrected chi connectivity index (χ0v) is 15.9. The summed E-state index contributed by atoms with van der Waals surface area (Å²) in [7, 11) is 2.05. The molecule has 0 amide bonds. The molecule has 0 aliphatic heterocycles. The van der Waals surface area contributed by atoms with E-state index in [0.29, 0.717) is 36.3 Å². The summed E-state index contributed by atoms with van der Waals surface area (Å²) < 4.78 is 0. The van der Waals surface area contributed by atoms with Crippen LogP contribution < -0.4 is 5.32 Å². The molecule has 4 rings (SSSR count). The van der Waals surface area contributed by atoms with E-state index in [-0.39, 0.29) is 16.6 Å². The standard InChI is InChI=1S/C22H33NO2/c1-14(23-3)18-6-7-20-17-5-4-15-12-16(25)8-10-21(15,2)19(17)9-11-22(18,20)13-24/h8,10,12,14,17-20,23-24H,4-7,9,11,13H2,1-3H3/t14-,17+,18+,19-,20-,21-,22-/m0/s1. The first-order valence-electron chi connectivity index (χ1n) is 10.2. The average Bonchev–Trinajstić information content (AvgIpc) is 3.01. The molecule has 3 nitrogen and oxygen atoms in total. The minimum Gasteiger partial charge on any atom is -0.396 e. The van der Waals surface area contributed by atoms with Crippen LogP contribution in [0.4, 0.5) is 0 Å². The molecule has 4 aliphatic carbocycles. The SMILES string of the molecule is CN[C@@H](C)[C@H]1CC[C@H]2[C@@H]3CCC4=CC(=O)C=C[C@]4(C)[C@H]3CC[C@]12CO. The third-order valence-electron chi connectivity index (χ3n) is 8.69. The molecular formula is C22H33NO2. The van der Waals surface area contributed by atoms with E-state index in [4.69, 9.17) is 0 Å². The average molecular weight is 344 g/mol. The zero-order chi connectivity index (χ0) is 17.8. The van der Waals surface area contributed by atoms with Gasteiger partial charge in [-0.1, -0.05) is 18.6 Å². The Morgan fingerprint density at radius 1 is 1.28 bits per heavy atom. The van der Waals surface area contributed by atoms with E-state index in [2.05, 4.69) is 32.3 Å². The molecule has 7 atom stereocenters. The predicted octanol–water partition coefficient (Wildman–Crippen LogP) is 3.49. The van der Waals surface area contributed by atoms with Gasteiger partial charge in [0.2, 0.25) is 0 Å². The number of ketones is 1. The third-order valence-corrected chi connectivity index (χ3v) is 8.69. The van der Waals surface area contributed by atoms with Crippen LogP contribution in [-0.4, -0.2) is 30.6 Å². The zero-order valence-electron chi connectivity index (χ0n) is 15.9. The lowest BCUT2D eigenvalue weighted by Crippen LogP contribution is -2.54. The summed E-state index contributed by atoms with van der Waals surface area (Å²) in [5.74, 6) is 2.71. The van der Waals surface area contributed by atoms with Gasteiger partial charge in [0.25, 0.3) is 0 Å². The van der Waals surface area contributed by atoms with Crippen molar-refractivity contribution < 1.29 is 9.90 Å². The highest BCUT2D eigenvalue weighted by Gasteiger charge is 2.60. The largest absolute Gasteiger partial charge is 0.396 e. The Hall–Kier alpha value is -0.930. The van der Waals surface area contributed by atoms with Gasteiger partial charge < -0.3 is 10.4 Å². The highest BCUT2D eigenvalue weighted by Crippen LogP contribution is 2.66. The Labute approximate surface area is 152 Å². The summed E-state index contributed by atoms with van der Waals surface area (Å²) in [5, 5.41) is 14.0. The normalized spacial score (nSPS) is 46.9. The van der Waals surface area contributed by atoms with Crippen LogP contribution in [-0.2, 0) is 4.79 Å². The van der Waals surface area contributed by atoms with E-state index in [1.54, 1.807) is 6.08 Å². The second kappa shape index (κ2) is 6.06. The van der Waals surface area contributed by atoms with Crippen LogP contribution >= 0.6 is 0 Å². The van der Waals surface area contributed by atoms with Crippen molar-refractivity contribution in [2.75, 3.05) is 13.7 Å². The van der Waals surface area contributed by atoms with Gasteiger partial charge in [-0.15, -0.1) is 0 Å². The van der Waals surface area contributed by atoms with Gasteiger partial charge in [-0.3, -0.25) is 4.79 Å². The fraction of sp³-hybridized carbons (Fsp3) is 0.773. The maximum absolute atomic E-state index is 11.8. The molecule has 3 heteroatoms. The Bertz CT molecular complexity index is 624. The number of hydrogen-bond acceptors (Lipinski definition) is 3. The molecule has 138 valence electrons. The van der Waals surface area contributed by atoms with Gasteiger partial charge in [0.05, 0.1) is 0 Å². The number of hydrogen-bond donors (Lipinski definition) is 2. The second-order valence-corrected chi connectivity index (χ2v) is 9.29. The number of aliphatic hydroxyl groups is 1. The first-order chi connectivity index (χ1) is 12.0. The molecule has 0 aromatic carbocycles. The summed E-state index contributed by atoms with van der Waals surface area (Å²) in [6.45, 7) is 4.98. The maximum atomic E-state index is 11.8. The van der Waals surface area contributed by atoms with Gasteiger partial charge in [-0.25, -0.2) is 0 Å². The third kappa shape index (κ3) is 2.35. The van der Waals surface area contributed by atoms with Gasteiger partial charge in [-0.2, -0.15) is 0 Å². The highest BCUT2D eigenvalue weighted by atomic mass is 16.3. The van der Waals surface area contributed by atoms with Crippen molar-refractivity contribution in [1.82, 2.24) is 5.32 Å². The van der Waals surface area contributed by atoms with Crippen LogP contribution in [0.1, 0.15) is 52.4 Å². The molecule has 0 heterocycles. The van der Waals surface area contributed by atoms with Gasteiger partial charge in [0.15, 0.2) is 5.78 Å². The first-order valence-corrected chi connectivity index (χ1v) is 10.2. The van der Waals surface area contributed by atoms with Gasteiger partial charge in [-0.05, 0) is 88.3 Å². The summed E-state index contributed by atoms with van der Waals surface area (Å²) >= 11 is 0. The number of aliphatic hydroxyl groups excluding tert-OH is 1. The minimum absolute atomic E-state index is 0.0607. The van der Waals surface area contributed by atoms with Gasteiger partial charge in [0.1, 0.15) is 0 Å². The maximum Gasteiger partial charge on any atom is 0.178 e. The lowest BCUT2D eigenvalue weighted by molar-refractivity contribution is -0.111. The van der Waals surface area contributed by atoms with Gasteiger partial charge >= 0.3 is 0 Å². The van der Waals surface area contributed by atoms with Crippen molar-refractivity contribution in [3.8, 4) is 0 Å². The number of fused-ring (bicyclic) bond motifs is 5. The van der Waals surface area contributed by atoms with Crippen LogP contribution in [0.2, 0.25) is 0 Å². The number of allylic oxidation sites excluding steroid dienone is 4. The molecule has 2 N–H and O–H groups in total. The predicted molar refractivity (Wildman–Crippen MR) is 100 cm³/mol. The molecule has 0 radical (unpaired) electrons. The van der Waals surface area contributed by atoms with E-state index in [1.165, 1.54) is 31.3 Å². The van der Waals surface area contributed by atoms with Crippen molar-refractivity contribution in [1.29, 1.82) is 0 Å². The molecule has 0 unspecified atom stereocenters. The minimum atomic E-state index is 0.0607. The molecule has 4 aliphatic rings. The van der Waals surface area contributed by atoms with Crippen molar-refractivity contribution in [3.63, 3.8) is 0 Å². The Balaban J connectivity index is 1.67. The van der Waals surface area contributed by atoms with Crippen LogP contribution in [0.5, 0.6) is 0 Å². The quantitative estimate of drug-likeness (QED) is 0.825. The summed E-state index contributed by atoms with van der Waals surface area (Å²) in [6.07, 6.45) is 13.0. The topological polar surface area (TPSA) is 49.3 Å². The van der Waals surface area contributed by atoms with E-state index >= 15 is 0 Å². The van der Waals surface area contributed by atoms with Crippen LogP contribution in [0.3, 0.4) is 0 Å². The Kier molecular flexibility index (Phi) is 4.24. The number of nitrogens with one attached hydrogen (secondary N) is 1. The molecule has 0 aromatic rings. The van der Waals surface area contributed by atoms with Crippen molar-refractivity contribution in [2.24, 2.45) is 34.5 Å². The Morgan fingerprint density at radius 3 is 2.80 bits per heavy atom. The second-order valence-electron chi connectivity index (χ2n) is 9.29. The van der Waals surface area contributed by atoms with Crippen LogP contribution in [0, 0.1) is 34.5 Å². The van der Waals surface area contributed by atoms with Crippen molar-refractivity contribution in [3.05, 3.63) is 23.8 Å². The smallest absolute Gasteiger partial charge is 0.178 e. The van der Waals surface area contributed by atoms with Crippen molar-refractivity contribution >= 4 is 5.78 Å². The van der Waals surface area contributed by atoms with E-state index in [0.717, 1.165) is 12.8 Å². The summed E-state index contributed by atoms with van der Waals surface area (Å²) in [5.41, 5.74) is 1.52. The molecular weight excluding hydrogens is 310 g/mol. The molecule has 3 saturated carbocycles. The van der Waals surface area contributed by atoms with Gasteiger partial charge in [0, 0.05) is 23.5 Å². The highest BCUT2D eigenvalue weighted by molar-refractivity contribution is 6.01. The van der Waals surface area contributed by atoms with E-state index in [1.807, 2.05) is 6.08 Å². The summed E-state index contributed by atoms with van der Waals surface area (Å²) in [6, 6.07) is 0.468. The summed E-state index contributed by atoms with van der Waals surface area (Å²) in [4.78, 5) is 11.8. The van der Waals surface area contributed by atoms with E-state index in [9.17, 15) is 9.90 Å². The van der Waals surface area contributed by atoms with Crippen molar-refractivity contribution in [2.45, 2.75) is 58.4 Å². The molecule has 25 heavy (non-hydrogen) atoms. The first kappa shape index (κ1) is 17.5. The molecule has 0 bridgehead atoms. The van der Waals surface area contributed by atoms with Crippen LogP contribution in [0.25, 0.3) is 0 Å². The number of carbonyl (C=O) groups excluding carboxylic acids is 1. The number of rotatable bonds is 3. The lowest BCUT2D eigenvalue weighted by atomic mass is 9.47. The molecule has 0 spiro atoms. The molecule has 0 saturated heterocycles. The Morgan fingerprint density at radius 2 is 2.08 bits per heavy atom. The molecule has 3 fully saturated rings. The fourth-order valence-electron chi connectivity index (χ4n) is 7.31. The lowest BCUT2D eigenvalue weighted by Gasteiger charge is -2.58. The van der Waals surface area contributed by atoms with Crippen LogP contribution in [0.15, 0.2) is 23.8 Å². The monoisotopic (exact) mass is 343 g/mol. The van der Waals surface area contributed by atoms with E-state index < -0.39 is 0 Å². The number of carbonyl (C=O) groups is 1. The fourth-order valence-corrected chi connectivity index (χ4v) is 7.31.